The number of furan rings is 1. The van der Waals surface area contributed by atoms with Gasteiger partial charge in [0.15, 0.2) is 11.3 Å². The number of carbonyl (C=O) groups is 1. The molecule has 0 atom stereocenters. The molecule has 0 spiro atoms. The number of anilines is 1. The Morgan fingerprint density at radius 1 is 1.16 bits per heavy atom. The third kappa shape index (κ3) is 3.78. The van der Waals surface area contributed by atoms with Gasteiger partial charge in [0, 0.05) is 23.7 Å². The molecule has 0 saturated heterocycles. The van der Waals surface area contributed by atoms with Gasteiger partial charge in [-0.05, 0) is 37.3 Å². The van der Waals surface area contributed by atoms with Crippen molar-refractivity contribution in [3.63, 3.8) is 0 Å². The summed E-state index contributed by atoms with van der Waals surface area (Å²) in [5, 5.41) is 4.13. The van der Waals surface area contributed by atoms with E-state index in [-0.39, 0.29) is 11.7 Å². The van der Waals surface area contributed by atoms with Crippen molar-refractivity contribution in [2.45, 2.75) is 6.92 Å². The predicted octanol–water partition coefficient (Wildman–Crippen LogP) is 4.67. The summed E-state index contributed by atoms with van der Waals surface area (Å²) >= 11 is 6.13. The molecule has 1 N–H and O–H groups in total. The zero-order chi connectivity index (χ0) is 17.8. The summed E-state index contributed by atoms with van der Waals surface area (Å²) in [7, 11) is 1.62. The van der Waals surface area contributed by atoms with Crippen molar-refractivity contribution < 1.29 is 18.7 Å². The number of para-hydroxylation sites is 1. The zero-order valence-corrected chi connectivity index (χ0v) is 14.7. The molecule has 5 nitrogen and oxygen atoms in total. The molecule has 0 radical (unpaired) electrons. The van der Waals surface area contributed by atoms with Gasteiger partial charge < -0.3 is 19.2 Å². The average molecular weight is 360 g/mol. The second kappa shape index (κ2) is 7.59. The molecule has 1 heterocycles. The number of ether oxygens (including phenoxy) is 2. The largest absolute Gasteiger partial charge is 0.491 e. The standard InChI is InChI=1S/C19H18ClNO4/c1-12-15-4-3-5-16(20)18(15)25-17(12)19(22)21-13-6-8-14(9-7-13)24-11-10-23-2/h3-9H,10-11H2,1-2H3,(H,21,22). The summed E-state index contributed by atoms with van der Waals surface area (Å²) in [5.74, 6) is 0.642. The highest BCUT2D eigenvalue weighted by Crippen LogP contribution is 2.31. The highest BCUT2D eigenvalue weighted by Gasteiger charge is 2.19. The monoisotopic (exact) mass is 359 g/mol. The molecular formula is C19H18ClNO4. The Labute approximate surface area is 150 Å². The Kier molecular flexibility index (Phi) is 5.26. The number of aryl methyl sites for hydroxylation is 1. The number of amides is 1. The summed E-state index contributed by atoms with van der Waals surface area (Å²) in [4.78, 5) is 12.5. The second-order valence-electron chi connectivity index (χ2n) is 5.49. The predicted molar refractivity (Wildman–Crippen MR) is 97.7 cm³/mol. The van der Waals surface area contributed by atoms with Gasteiger partial charge in [-0.1, -0.05) is 23.7 Å². The van der Waals surface area contributed by atoms with Gasteiger partial charge in [0.25, 0.3) is 5.91 Å². The average Bonchev–Trinajstić information content (AvgIpc) is 2.95. The van der Waals surface area contributed by atoms with E-state index in [0.717, 1.165) is 10.9 Å². The van der Waals surface area contributed by atoms with Crippen LogP contribution in [0.15, 0.2) is 46.9 Å². The third-order valence-corrected chi connectivity index (χ3v) is 4.09. The SMILES string of the molecule is COCCOc1ccc(NC(=O)c2oc3c(Cl)cccc3c2C)cc1. The maximum absolute atomic E-state index is 12.5. The summed E-state index contributed by atoms with van der Waals surface area (Å²) < 4.78 is 16.1. The molecule has 3 aromatic rings. The number of carbonyl (C=O) groups excluding carboxylic acids is 1. The molecule has 0 bridgehead atoms. The van der Waals surface area contributed by atoms with Gasteiger partial charge in [0.05, 0.1) is 11.6 Å². The Balaban J connectivity index is 1.74. The third-order valence-electron chi connectivity index (χ3n) is 3.79. The number of nitrogens with one attached hydrogen (secondary N) is 1. The van der Waals surface area contributed by atoms with Crippen LogP contribution in [0.4, 0.5) is 5.69 Å². The Hall–Kier alpha value is -2.50. The van der Waals surface area contributed by atoms with E-state index in [1.165, 1.54) is 0 Å². The first-order valence-electron chi connectivity index (χ1n) is 7.81. The number of methoxy groups -OCH3 is 1. The number of halogens is 1. The van der Waals surface area contributed by atoms with Gasteiger partial charge in [0.1, 0.15) is 12.4 Å². The number of rotatable bonds is 6. The van der Waals surface area contributed by atoms with Crippen LogP contribution in [0, 0.1) is 6.92 Å². The summed E-state index contributed by atoms with van der Waals surface area (Å²) in [6, 6.07) is 12.5. The molecule has 2 aromatic carbocycles. The van der Waals surface area contributed by atoms with E-state index < -0.39 is 0 Å². The molecule has 25 heavy (non-hydrogen) atoms. The molecule has 0 unspecified atom stereocenters. The molecule has 6 heteroatoms. The molecular weight excluding hydrogens is 342 g/mol. The lowest BCUT2D eigenvalue weighted by Gasteiger charge is -2.07. The zero-order valence-electron chi connectivity index (χ0n) is 14.0. The van der Waals surface area contributed by atoms with Crippen molar-refractivity contribution in [2.75, 3.05) is 25.6 Å². The van der Waals surface area contributed by atoms with E-state index in [4.69, 9.17) is 25.5 Å². The van der Waals surface area contributed by atoms with E-state index >= 15 is 0 Å². The smallest absolute Gasteiger partial charge is 0.291 e. The number of hydrogen-bond acceptors (Lipinski definition) is 4. The van der Waals surface area contributed by atoms with Crippen molar-refractivity contribution in [3.8, 4) is 5.75 Å². The van der Waals surface area contributed by atoms with Gasteiger partial charge in [-0.25, -0.2) is 0 Å². The molecule has 3 rings (SSSR count). The summed E-state index contributed by atoms with van der Waals surface area (Å²) in [5.41, 5.74) is 1.93. The lowest BCUT2D eigenvalue weighted by atomic mass is 10.1. The Morgan fingerprint density at radius 3 is 2.60 bits per heavy atom. The van der Waals surface area contributed by atoms with Gasteiger partial charge in [-0.2, -0.15) is 0 Å². The highest BCUT2D eigenvalue weighted by molar-refractivity contribution is 6.35. The lowest BCUT2D eigenvalue weighted by molar-refractivity contribution is 0.0998. The maximum atomic E-state index is 12.5. The molecule has 0 aliphatic carbocycles. The minimum absolute atomic E-state index is 0.253. The first kappa shape index (κ1) is 17.3. The van der Waals surface area contributed by atoms with Crippen LogP contribution in [0.3, 0.4) is 0 Å². The molecule has 1 amide bonds. The van der Waals surface area contributed by atoms with E-state index in [9.17, 15) is 4.79 Å². The van der Waals surface area contributed by atoms with E-state index in [1.807, 2.05) is 19.1 Å². The highest BCUT2D eigenvalue weighted by atomic mass is 35.5. The van der Waals surface area contributed by atoms with E-state index in [0.29, 0.717) is 35.3 Å². The Morgan fingerprint density at radius 2 is 1.92 bits per heavy atom. The van der Waals surface area contributed by atoms with Crippen LogP contribution in [-0.4, -0.2) is 26.2 Å². The number of benzene rings is 2. The fraction of sp³-hybridized carbons (Fsp3) is 0.211. The number of hydrogen-bond donors (Lipinski definition) is 1. The van der Waals surface area contributed by atoms with Crippen molar-refractivity contribution in [1.82, 2.24) is 0 Å². The topological polar surface area (TPSA) is 60.7 Å². The van der Waals surface area contributed by atoms with Crippen LogP contribution in [0.2, 0.25) is 5.02 Å². The molecule has 0 saturated carbocycles. The van der Waals surface area contributed by atoms with Gasteiger partial charge in [0.2, 0.25) is 0 Å². The molecule has 0 aliphatic heterocycles. The minimum atomic E-state index is -0.321. The fourth-order valence-corrected chi connectivity index (χ4v) is 2.70. The lowest BCUT2D eigenvalue weighted by Crippen LogP contribution is -2.12. The van der Waals surface area contributed by atoms with Crippen LogP contribution in [0.1, 0.15) is 16.1 Å². The summed E-state index contributed by atoms with van der Waals surface area (Å²) in [6.07, 6.45) is 0. The Bertz CT molecular complexity index is 886. The van der Waals surface area contributed by atoms with Crippen LogP contribution >= 0.6 is 11.6 Å². The first-order valence-corrected chi connectivity index (χ1v) is 8.18. The van der Waals surface area contributed by atoms with Crippen LogP contribution < -0.4 is 10.1 Å². The molecule has 0 fully saturated rings. The summed E-state index contributed by atoms with van der Waals surface area (Å²) in [6.45, 7) is 2.83. The van der Waals surface area contributed by atoms with Gasteiger partial charge in [-0.3, -0.25) is 4.79 Å². The van der Waals surface area contributed by atoms with Crippen molar-refractivity contribution >= 4 is 34.2 Å². The van der Waals surface area contributed by atoms with Crippen molar-refractivity contribution in [1.29, 1.82) is 0 Å². The molecule has 1 aromatic heterocycles. The molecule has 0 aliphatic rings. The van der Waals surface area contributed by atoms with Crippen molar-refractivity contribution in [2.24, 2.45) is 0 Å². The van der Waals surface area contributed by atoms with Crippen LogP contribution in [-0.2, 0) is 4.74 Å². The van der Waals surface area contributed by atoms with Crippen molar-refractivity contribution in [3.05, 3.63) is 58.8 Å². The molecule has 130 valence electrons. The van der Waals surface area contributed by atoms with Gasteiger partial charge >= 0.3 is 0 Å². The fourth-order valence-electron chi connectivity index (χ4n) is 2.49. The minimum Gasteiger partial charge on any atom is -0.491 e. The van der Waals surface area contributed by atoms with Crippen LogP contribution in [0.25, 0.3) is 11.0 Å². The normalized spacial score (nSPS) is 10.8. The van der Waals surface area contributed by atoms with E-state index in [1.54, 1.807) is 37.4 Å². The second-order valence-corrected chi connectivity index (χ2v) is 5.90. The number of fused-ring (bicyclic) bond motifs is 1. The van der Waals surface area contributed by atoms with Crippen LogP contribution in [0.5, 0.6) is 5.75 Å². The van der Waals surface area contributed by atoms with Gasteiger partial charge in [-0.15, -0.1) is 0 Å². The van der Waals surface area contributed by atoms with E-state index in [2.05, 4.69) is 5.32 Å². The first-order chi connectivity index (χ1) is 12.1. The maximum Gasteiger partial charge on any atom is 0.291 e. The quantitative estimate of drug-likeness (QED) is 0.649.